The maximum atomic E-state index is 13.3. The molecular weight excluding hydrogens is 391 g/mol. The molecule has 0 saturated heterocycles. The van der Waals surface area contributed by atoms with Crippen molar-refractivity contribution in [3.63, 3.8) is 0 Å². The molecule has 0 radical (unpaired) electrons. The molecule has 0 aliphatic rings. The van der Waals surface area contributed by atoms with Crippen LogP contribution < -0.4 is 10.9 Å². The molecule has 0 aliphatic carbocycles. The van der Waals surface area contributed by atoms with Crippen molar-refractivity contribution in [1.29, 1.82) is 0 Å². The Morgan fingerprint density at radius 2 is 1.93 bits per heavy atom. The highest BCUT2D eigenvalue weighted by Crippen LogP contribution is 2.29. The van der Waals surface area contributed by atoms with Crippen LogP contribution in [0.4, 0.5) is 10.1 Å². The van der Waals surface area contributed by atoms with Gasteiger partial charge in [0.25, 0.3) is 5.56 Å². The van der Waals surface area contributed by atoms with Crippen LogP contribution in [-0.2, 0) is 11.3 Å². The lowest BCUT2D eigenvalue weighted by atomic mass is 10.1. The fourth-order valence-corrected chi connectivity index (χ4v) is 3.89. The Morgan fingerprint density at radius 1 is 1.17 bits per heavy atom. The normalized spacial score (nSPS) is 11.0. The average Bonchev–Trinajstić information content (AvgIpc) is 3.07. The molecule has 1 amide bonds. The number of aryl methyl sites for hydroxylation is 2. The lowest BCUT2D eigenvalue weighted by Crippen LogP contribution is -2.30. The van der Waals surface area contributed by atoms with Crippen LogP contribution in [0.1, 0.15) is 10.6 Å². The largest absolute Gasteiger partial charge is 0.324 e. The van der Waals surface area contributed by atoms with Gasteiger partial charge in [0.05, 0.1) is 9.71 Å². The third-order valence-electron chi connectivity index (χ3n) is 4.33. The van der Waals surface area contributed by atoms with E-state index in [1.807, 2.05) is 38.1 Å². The van der Waals surface area contributed by atoms with Crippen LogP contribution in [0.25, 0.3) is 21.5 Å². The van der Waals surface area contributed by atoms with Gasteiger partial charge >= 0.3 is 0 Å². The highest BCUT2D eigenvalue weighted by atomic mass is 32.1. The van der Waals surface area contributed by atoms with Gasteiger partial charge in [-0.05, 0) is 32.0 Å². The van der Waals surface area contributed by atoms with E-state index in [1.54, 1.807) is 6.07 Å². The maximum Gasteiger partial charge on any atom is 0.294 e. The van der Waals surface area contributed by atoms with E-state index < -0.39 is 17.3 Å². The van der Waals surface area contributed by atoms with Crippen LogP contribution in [0, 0.1) is 19.7 Å². The predicted octanol–water partition coefficient (Wildman–Crippen LogP) is 3.91. The molecule has 146 valence electrons. The molecule has 2 aromatic heterocycles. The van der Waals surface area contributed by atoms with Gasteiger partial charge in [-0.1, -0.05) is 35.9 Å². The molecule has 0 fully saturated rings. The first kappa shape index (κ1) is 18.9. The van der Waals surface area contributed by atoms with Crippen molar-refractivity contribution in [2.24, 2.45) is 0 Å². The number of rotatable bonds is 4. The Morgan fingerprint density at radius 3 is 2.66 bits per heavy atom. The number of hydrogen-bond donors (Lipinski definition) is 1. The van der Waals surface area contributed by atoms with Crippen LogP contribution >= 0.6 is 11.3 Å². The first-order chi connectivity index (χ1) is 13.9. The van der Waals surface area contributed by atoms with E-state index in [-0.39, 0.29) is 12.1 Å². The molecule has 0 saturated carbocycles. The molecule has 1 N–H and O–H groups in total. The van der Waals surface area contributed by atoms with E-state index in [0.717, 1.165) is 20.8 Å². The number of halogens is 1. The summed E-state index contributed by atoms with van der Waals surface area (Å²) in [5.41, 5.74) is 2.71. The summed E-state index contributed by atoms with van der Waals surface area (Å²) in [6.45, 7) is 3.51. The minimum atomic E-state index is -0.480. The molecule has 29 heavy (non-hydrogen) atoms. The zero-order valence-electron chi connectivity index (χ0n) is 15.8. The monoisotopic (exact) mass is 408 g/mol. The zero-order chi connectivity index (χ0) is 20.5. The minimum absolute atomic E-state index is 0.289. The zero-order valence-corrected chi connectivity index (χ0v) is 16.6. The summed E-state index contributed by atoms with van der Waals surface area (Å²) < 4.78 is 15.1. The predicted molar refractivity (Wildman–Crippen MR) is 112 cm³/mol. The van der Waals surface area contributed by atoms with E-state index in [4.69, 9.17) is 0 Å². The van der Waals surface area contributed by atoms with Crippen LogP contribution in [-0.4, -0.2) is 20.7 Å². The number of anilines is 1. The maximum absolute atomic E-state index is 13.3. The molecule has 2 aromatic carbocycles. The molecule has 0 unspecified atom stereocenters. The summed E-state index contributed by atoms with van der Waals surface area (Å²) >= 11 is 1.39. The van der Waals surface area contributed by atoms with Crippen LogP contribution in [0.3, 0.4) is 0 Å². The number of carbonyl (C=O) groups is 1. The van der Waals surface area contributed by atoms with Crippen molar-refractivity contribution < 1.29 is 9.18 Å². The van der Waals surface area contributed by atoms with Crippen molar-refractivity contribution in [3.05, 3.63) is 75.3 Å². The fraction of sp³-hybridized carbons (Fsp3) is 0.143. The second kappa shape index (κ2) is 7.56. The summed E-state index contributed by atoms with van der Waals surface area (Å²) in [5.74, 6) is -0.939. The molecule has 0 bridgehead atoms. The summed E-state index contributed by atoms with van der Waals surface area (Å²) in [5, 5.41) is 7.78. The Hall–Kier alpha value is -3.39. The van der Waals surface area contributed by atoms with Crippen LogP contribution in [0.5, 0.6) is 0 Å². The topological polar surface area (TPSA) is 76.9 Å². The van der Waals surface area contributed by atoms with E-state index >= 15 is 0 Å². The number of benzene rings is 2. The molecule has 2 heterocycles. The van der Waals surface area contributed by atoms with Crippen LogP contribution in [0.2, 0.25) is 0 Å². The quantitative estimate of drug-likeness (QED) is 0.555. The second-order valence-electron chi connectivity index (χ2n) is 6.65. The summed E-state index contributed by atoms with van der Waals surface area (Å²) in [6, 6.07) is 13.3. The van der Waals surface area contributed by atoms with Gasteiger partial charge in [-0.3, -0.25) is 9.59 Å². The fourth-order valence-electron chi connectivity index (χ4n) is 2.98. The molecular formula is C21H17FN4O2S. The summed E-state index contributed by atoms with van der Waals surface area (Å²) in [4.78, 5) is 29.6. The average molecular weight is 408 g/mol. The third-order valence-corrected chi connectivity index (χ3v) is 5.31. The minimum Gasteiger partial charge on any atom is -0.324 e. The smallest absolute Gasteiger partial charge is 0.294 e. The molecule has 0 spiro atoms. The Labute approximate surface area is 169 Å². The summed E-state index contributed by atoms with van der Waals surface area (Å²) in [7, 11) is 0. The van der Waals surface area contributed by atoms with Crippen molar-refractivity contribution >= 4 is 33.1 Å². The second-order valence-corrected chi connectivity index (χ2v) is 7.85. The number of hydrogen-bond acceptors (Lipinski definition) is 5. The van der Waals surface area contributed by atoms with Crippen molar-refractivity contribution in [1.82, 2.24) is 14.8 Å². The first-order valence-corrected chi connectivity index (χ1v) is 9.73. The number of thiazole rings is 1. The number of nitrogens with zero attached hydrogens (tertiary/aromatic N) is 3. The number of aromatic nitrogens is 3. The lowest BCUT2D eigenvalue weighted by Gasteiger charge is -2.09. The SMILES string of the molecule is Cc1ccc(-c2nn(CC(=O)Nc3cccc(F)c3)c(=O)c3nc(C)sc23)cc1. The molecule has 8 heteroatoms. The van der Waals surface area contributed by atoms with E-state index in [0.29, 0.717) is 16.1 Å². The molecule has 4 aromatic rings. The van der Waals surface area contributed by atoms with Gasteiger partial charge < -0.3 is 5.32 Å². The van der Waals surface area contributed by atoms with Crippen molar-refractivity contribution in [2.45, 2.75) is 20.4 Å². The highest BCUT2D eigenvalue weighted by Gasteiger charge is 2.18. The first-order valence-electron chi connectivity index (χ1n) is 8.91. The van der Waals surface area contributed by atoms with E-state index in [1.165, 1.54) is 29.5 Å². The molecule has 0 aliphatic heterocycles. The Bertz CT molecular complexity index is 1280. The number of carbonyl (C=O) groups excluding carboxylic acids is 1. The van der Waals surface area contributed by atoms with Gasteiger partial charge in [0.2, 0.25) is 5.91 Å². The van der Waals surface area contributed by atoms with Gasteiger partial charge in [0, 0.05) is 11.3 Å². The van der Waals surface area contributed by atoms with Gasteiger partial charge in [0.1, 0.15) is 18.1 Å². The number of fused-ring (bicyclic) bond motifs is 1. The molecule has 6 nitrogen and oxygen atoms in total. The van der Waals surface area contributed by atoms with Crippen LogP contribution in [0.15, 0.2) is 53.3 Å². The van der Waals surface area contributed by atoms with Gasteiger partial charge in [-0.25, -0.2) is 14.1 Å². The summed E-state index contributed by atoms with van der Waals surface area (Å²) in [6.07, 6.45) is 0. The van der Waals surface area contributed by atoms with Gasteiger partial charge in [-0.15, -0.1) is 11.3 Å². The van der Waals surface area contributed by atoms with Gasteiger partial charge in [0.15, 0.2) is 5.52 Å². The van der Waals surface area contributed by atoms with Crippen molar-refractivity contribution in [2.75, 3.05) is 5.32 Å². The third kappa shape index (κ3) is 3.93. The van der Waals surface area contributed by atoms with E-state index in [2.05, 4.69) is 15.4 Å². The number of nitrogens with one attached hydrogen (secondary N) is 1. The molecule has 0 atom stereocenters. The lowest BCUT2D eigenvalue weighted by molar-refractivity contribution is -0.117. The van der Waals surface area contributed by atoms with E-state index in [9.17, 15) is 14.0 Å². The van der Waals surface area contributed by atoms with Crippen molar-refractivity contribution in [3.8, 4) is 11.3 Å². The Kier molecular flexibility index (Phi) is 4.94. The highest BCUT2D eigenvalue weighted by molar-refractivity contribution is 7.19. The van der Waals surface area contributed by atoms with Gasteiger partial charge in [-0.2, -0.15) is 5.10 Å². The molecule has 4 rings (SSSR count). The standard InChI is InChI=1S/C21H17FN4O2S/c1-12-6-8-14(9-7-12)18-20-19(23-13(2)29-20)21(28)26(25-18)11-17(27)24-16-5-3-4-15(22)10-16/h3-10H,11H2,1-2H3,(H,24,27). The number of amides is 1. The Balaban J connectivity index is 1.74.